The lowest BCUT2D eigenvalue weighted by Crippen LogP contribution is -2.23. The monoisotopic (exact) mass is 454 g/mol. The Kier molecular flexibility index (Phi) is 6.53. The number of rotatable bonds is 6. The van der Waals surface area contributed by atoms with Gasteiger partial charge in [0.25, 0.3) is 0 Å². The molecule has 0 unspecified atom stereocenters. The van der Waals surface area contributed by atoms with Crippen LogP contribution in [0.2, 0.25) is 10.0 Å². The van der Waals surface area contributed by atoms with E-state index in [4.69, 9.17) is 28.3 Å². The second-order valence-corrected chi connectivity index (χ2v) is 11.3. The van der Waals surface area contributed by atoms with Crippen LogP contribution >= 0.6 is 35.0 Å². The van der Waals surface area contributed by atoms with E-state index in [-0.39, 0.29) is 10.6 Å². The quantitative estimate of drug-likeness (QED) is 0.686. The Hall–Kier alpha value is -0.970. The zero-order chi connectivity index (χ0) is 19.7. The van der Waals surface area contributed by atoms with E-state index in [2.05, 4.69) is 4.72 Å². The van der Waals surface area contributed by atoms with Crippen molar-refractivity contribution >= 4 is 60.7 Å². The van der Waals surface area contributed by atoms with Crippen LogP contribution in [-0.4, -0.2) is 22.1 Å². The van der Waals surface area contributed by atoms with Gasteiger partial charge in [0, 0.05) is 14.8 Å². The fourth-order valence-corrected chi connectivity index (χ4v) is 4.66. The first-order valence-electron chi connectivity index (χ1n) is 7.21. The van der Waals surface area contributed by atoms with Gasteiger partial charge in [-0.05, 0) is 50.2 Å². The van der Waals surface area contributed by atoms with E-state index in [1.165, 1.54) is 38.1 Å². The third kappa shape index (κ3) is 5.28. The van der Waals surface area contributed by atoms with Gasteiger partial charge < -0.3 is 0 Å². The Morgan fingerprint density at radius 2 is 1.65 bits per heavy atom. The van der Waals surface area contributed by atoms with Crippen LogP contribution < -0.4 is 9.86 Å². The van der Waals surface area contributed by atoms with Gasteiger partial charge in [-0.2, -0.15) is 0 Å². The van der Waals surface area contributed by atoms with E-state index in [0.717, 1.165) is 11.8 Å². The van der Waals surface area contributed by atoms with Gasteiger partial charge in [-0.1, -0.05) is 35.0 Å². The lowest BCUT2D eigenvalue weighted by molar-refractivity contribution is 0.592. The summed E-state index contributed by atoms with van der Waals surface area (Å²) in [5, 5.41) is 5.30. The van der Waals surface area contributed by atoms with E-state index in [1.807, 2.05) is 0 Å². The van der Waals surface area contributed by atoms with Gasteiger partial charge in [-0.3, -0.25) is 4.72 Å². The molecule has 0 heterocycles. The van der Waals surface area contributed by atoms with Crippen molar-refractivity contribution in [1.82, 2.24) is 0 Å². The Bertz CT molecular complexity index is 1040. The molecule has 0 aliphatic heterocycles. The number of nitrogens with one attached hydrogen (secondary N) is 1. The highest BCUT2D eigenvalue weighted by atomic mass is 35.5. The molecule has 0 saturated heterocycles. The third-order valence-corrected chi connectivity index (χ3v) is 7.72. The van der Waals surface area contributed by atoms with E-state index >= 15 is 0 Å². The molecule has 11 heteroatoms. The number of benzene rings is 2. The van der Waals surface area contributed by atoms with Crippen molar-refractivity contribution in [2.75, 3.05) is 4.72 Å². The SMILES string of the molecule is CC(C)S(=O)(=O)Nc1ccc(S(N)(=O)=O)cc1Sc1ccc(Cl)cc1Cl. The van der Waals surface area contributed by atoms with Gasteiger partial charge in [-0.25, -0.2) is 22.0 Å². The number of hydrogen-bond donors (Lipinski definition) is 2. The number of primary sulfonamides is 1. The summed E-state index contributed by atoms with van der Waals surface area (Å²) in [4.78, 5) is 0.773. The Morgan fingerprint density at radius 3 is 2.19 bits per heavy atom. The number of halogens is 2. The normalized spacial score (nSPS) is 12.4. The Balaban J connectivity index is 2.55. The molecule has 2 rings (SSSR count). The van der Waals surface area contributed by atoms with Crippen LogP contribution in [0.4, 0.5) is 5.69 Å². The molecule has 0 spiro atoms. The van der Waals surface area contributed by atoms with Crippen molar-refractivity contribution in [3.8, 4) is 0 Å². The Morgan fingerprint density at radius 1 is 1.00 bits per heavy atom. The largest absolute Gasteiger partial charge is 0.282 e. The molecule has 2 aromatic carbocycles. The minimum Gasteiger partial charge on any atom is -0.282 e. The van der Waals surface area contributed by atoms with Crippen LogP contribution in [0.25, 0.3) is 0 Å². The van der Waals surface area contributed by atoms with Gasteiger partial charge in [0.15, 0.2) is 0 Å². The van der Waals surface area contributed by atoms with Crippen LogP contribution in [0.1, 0.15) is 13.8 Å². The molecule has 0 aliphatic carbocycles. The van der Waals surface area contributed by atoms with Gasteiger partial charge in [-0.15, -0.1) is 0 Å². The molecule has 2 aromatic rings. The van der Waals surface area contributed by atoms with Crippen LogP contribution in [0, 0.1) is 0 Å². The number of sulfonamides is 2. The minimum absolute atomic E-state index is 0.141. The highest BCUT2D eigenvalue weighted by Crippen LogP contribution is 2.39. The second-order valence-electron chi connectivity index (χ2n) is 5.58. The molecule has 0 aromatic heterocycles. The van der Waals surface area contributed by atoms with Gasteiger partial charge >= 0.3 is 0 Å². The predicted molar refractivity (Wildman–Crippen MR) is 106 cm³/mol. The number of anilines is 1. The smallest absolute Gasteiger partial charge is 0.238 e. The molecule has 142 valence electrons. The average molecular weight is 455 g/mol. The van der Waals surface area contributed by atoms with Crippen molar-refractivity contribution in [3.05, 3.63) is 46.4 Å². The maximum atomic E-state index is 12.2. The summed E-state index contributed by atoms with van der Waals surface area (Å²) in [7, 11) is -7.59. The molecule has 0 atom stereocenters. The molecule has 0 saturated carbocycles. The average Bonchev–Trinajstić information content (AvgIpc) is 2.50. The summed E-state index contributed by atoms with van der Waals surface area (Å²) in [6.45, 7) is 3.06. The van der Waals surface area contributed by atoms with Crippen molar-refractivity contribution in [3.63, 3.8) is 0 Å². The second kappa shape index (κ2) is 7.95. The van der Waals surface area contributed by atoms with Crippen LogP contribution in [0.5, 0.6) is 0 Å². The fraction of sp³-hybridized carbons (Fsp3) is 0.200. The number of nitrogens with two attached hydrogens (primary N) is 1. The van der Waals surface area contributed by atoms with Crippen LogP contribution in [0.3, 0.4) is 0 Å². The minimum atomic E-state index is -3.96. The highest BCUT2D eigenvalue weighted by Gasteiger charge is 2.20. The predicted octanol–water partition coefficient (Wildman–Crippen LogP) is 3.94. The summed E-state index contributed by atoms with van der Waals surface area (Å²) in [5.41, 5.74) is 0.224. The standard InChI is InChI=1S/C15H16Cl2N2O4S3/c1-9(2)26(22,23)19-13-5-4-11(25(18,20)21)8-15(13)24-14-6-3-10(16)7-12(14)17/h3-9,19H,1-2H3,(H2,18,20,21). The Labute approximate surface area is 167 Å². The summed E-state index contributed by atoms with van der Waals surface area (Å²) >= 11 is 13.1. The van der Waals surface area contributed by atoms with E-state index in [0.29, 0.717) is 19.8 Å². The first-order valence-corrected chi connectivity index (χ1v) is 11.9. The van der Waals surface area contributed by atoms with Crippen molar-refractivity contribution < 1.29 is 16.8 Å². The summed E-state index contributed by atoms with van der Waals surface area (Å²) < 4.78 is 50.1. The van der Waals surface area contributed by atoms with Crippen LogP contribution in [-0.2, 0) is 20.0 Å². The first kappa shape index (κ1) is 21.3. The number of hydrogen-bond acceptors (Lipinski definition) is 5. The van der Waals surface area contributed by atoms with Crippen molar-refractivity contribution in [2.24, 2.45) is 5.14 Å². The molecule has 0 amide bonds. The van der Waals surface area contributed by atoms with Gasteiger partial charge in [0.1, 0.15) is 0 Å². The lowest BCUT2D eigenvalue weighted by atomic mass is 10.3. The molecule has 6 nitrogen and oxygen atoms in total. The van der Waals surface area contributed by atoms with Gasteiger partial charge in [0.05, 0.1) is 20.9 Å². The topological polar surface area (TPSA) is 106 Å². The van der Waals surface area contributed by atoms with Crippen molar-refractivity contribution in [1.29, 1.82) is 0 Å². The molecule has 3 N–H and O–H groups in total. The van der Waals surface area contributed by atoms with E-state index in [1.54, 1.807) is 12.1 Å². The molecule has 0 bridgehead atoms. The summed E-state index contributed by atoms with van der Waals surface area (Å²) in [5.74, 6) is 0. The van der Waals surface area contributed by atoms with E-state index < -0.39 is 25.3 Å². The highest BCUT2D eigenvalue weighted by molar-refractivity contribution is 7.99. The zero-order valence-corrected chi connectivity index (χ0v) is 17.7. The van der Waals surface area contributed by atoms with Crippen molar-refractivity contribution in [2.45, 2.75) is 33.8 Å². The molecular weight excluding hydrogens is 439 g/mol. The lowest BCUT2D eigenvalue weighted by Gasteiger charge is -2.15. The first-order chi connectivity index (χ1) is 11.9. The molecule has 0 radical (unpaired) electrons. The maximum Gasteiger partial charge on any atom is 0.238 e. The fourth-order valence-electron chi connectivity index (χ4n) is 1.80. The molecule has 0 aliphatic rings. The summed E-state index contributed by atoms with van der Waals surface area (Å²) in [6.07, 6.45) is 0. The molecular formula is C15H16Cl2N2O4S3. The maximum absolute atomic E-state index is 12.2. The third-order valence-electron chi connectivity index (χ3n) is 3.27. The molecule has 26 heavy (non-hydrogen) atoms. The van der Waals surface area contributed by atoms with E-state index in [9.17, 15) is 16.8 Å². The van der Waals surface area contributed by atoms with Gasteiger partial charge in [0.2, 0.25) is 20.0 Å². The zero-order valence-electron chi connectivity index (χ0n) is 13.7. The van der Waals surface area contributed by atoms with Crippen LogP contribution in [0.15, 0.2) is 51.1 Å². The molecule has 0 fully saturated rings. The summed E-state index contributed by atoms with van der Waals surface area (Å²) in [6, 6.07) is 8.69.